The molecular weight excluding hydrogens is 276 g/mol. The van der Waals surface area contributed by atoms with E-state index in [-0.39, 0.29) is 11.9 Å². The van der Waals surface area contributed by atoms with E-state index in [1.807, 2.05) is 19.1 Å². The molecule has 1 aromatic carbocycles. The van der Waals surface area contributed by atoms with Gasteiger partial charge in [0, 0.05) is 43.6 Å². The van der Waals surface area contributed by atoms with Crippen LogP contribution in [0.5, 0.6) is 0 Å². The average molecular weight is 304 g/mol. The molecule has 1 aliphatic rings. The van der Waals surface area contributed by atoms with Crippen LogP contribution >= 0.6 is 0 Å². The third kappa shape index (κ3) is 4.91. The molecule has 22 heavy (non-hydrogen) atoms. The number of nitrogens with zero attached hydrogens (tertiary/aromatic N) is 2. The Bertz CT molecular complexity index is 466. The van der Waals surface area contributed by atoms with E-state index in [1.54, 1.807) is 0 Å². The van der Waals surface area contributed by atoms with Gasteiger partial charge in [-0.3, -0.25) is 4.79 Å². The number of hydrogen-bond acceptors (Lipinski definition) is 4. The highest BCUT2D eigenvalue weighted by Gasteiger charge is 2.14. The first-order chi connectivity index (χ1) is 10.6. The molecule has 0 bridgehead atoms. The van der Waals surface area contributed by atoms with Gasteiger partial charge in [-0.25, -0.2) is 0 Å². The quantitative estimate of drug-likeness (QED) is 0.841. The van der Waals surface area contributed by atoms with E-state index in [0.717, 1.165) is 38.3 Å². The number of likely N-dealkylation sites (N-methyl/N-ethyl adjacent to an activating group) is 1. The summed E-state index contributed by atoms with van der Waals surface area (Å²) in [7, 11) is 2.16. The topological polar surface area (TPSA) is 47.6 Å². The molecule has 1 atom stereocenters. The Morgan fingerprint density at radius 3 is 2.41 bits per heavy atom. The first-order valence-corrected chi connectivity index (χ1v) is 8.15. The van der Waals surface area contributed by atoms with Gasteiger partial charge in [0.2, 0.25) is 5.91 Å². The normalized spacial score (nSPS) is 17.1. The maximum atomic E-state index is 11.7. The van der Waals surface area contributed by atoms with Crippen LogP contribution in [0.25, 0.3) is 0 Å². The van der Waals surface area contributed by atoms with Crippen LogP contribution in [0, 0.1) is 0 Å². The van der Waals surface area contributed by atoms with Crippen molar-refractivity contribution in [3.05, 3.63) is 24.3 Å². The van der Waals surface area contributed by atoms with Gasteiger partial charge in [-0.1, -0.05) is 6.92 Å². The molecule has 122 valence electrons. The van der Waals surface area contributed by atoms with Crippen LogP contribution in [0.4, 0.5) is 11.4 Å². The van der Waals surface area contributed by atoms with Crippen LogP contribution in [-0.2, 0) is 4.79 Å². The van der Waals surface area contributed by atoms with Crippen LogP contribution in [0.15, 0.2) is 24.3 Å². The van der Waals surface area contributed by atoms with E-state index in [9.17, 15) is 4.79 Å². The van der Waals surface area contributed by atoms with Crippen molar-refractivity contribution in [1.82, 2.24) is 10.2 Å². The van der Waals surface area contributed by atoms with Gasteiger partial charge in [0.25, 0.3) is 0 Å². The SMILES string of the molecule is CCC(C)NC(=O)CNc1ccc(N2CCN(C)CC2)cc1. The highest BCUT2D eigenvalue weighted by molar-refractivity contribution is 5.81. The smallest absolute Gasteiger partial charge is 0.239 e. The molecule has 1 fully saturated rings. The van der Waals surface area contributed by atoms with Crippen LogP contribution in [-0.4, -0.2) is 56.6 Å². The third-order valence-corrected chi connectivity index (χ3v) is 4.21. The van der Waals surface area contributed by atoms with Crippen LogP contribution in [0.1, 0.15) is 20.3 Å². The fraction of sp³-hybridized carbons (Fsp3) is 0.588. The molecule has 2 N–H and O–H groups in total. The summed E-state index contributed by atoms with van der Waals surface area (Å²) < 4.78 is 0. The minimum absolute atomic E-state index is 0.0393. The Kier molecular flexibility index (Phi) is 6.07. The van der Waals surface area contributed by atoms with E-state index in [0.29, 0.717) is 6.54 Å². The van der Waals surface area contributed by atoms with Crippen LogP contribution < -0.4 is 15.5 Å². The zero-order chi connectivity index (χ0) is 15.9. The second-order valence-corrected chi connectivity index (χ2v) is 6.07. The fourth-order valence-electron chi connectivity index (χ4n) is 2.47. The van der Waals surface area contributed by atoms with Gasteiger partial charge in [0.15, 0.2) is 0 Å². The van der Waals surface area contributed by atoms with Crippen molar-refractivity contribution in [3.8, 4) is 0 Å². The van der Waals surface area contributed by atoms with Crippen molar-refractivity contribution in [2.45, 2.75) is 26.3 Å². The lowest BCUT2D eigenvalue weighted by molar-refractivity contribution is -0.120. The number of hydrogen-bond donors (Lipinski definition) is 2. The maximum Gasteiger partial charge on any atom is 0.239 e. The Labute approximate surface area is 133 Å². The summed E-state index contributed by atoms with van der Waals surface area (Å²) in [6.45, 7) is 8.75. The number of benzene rings is 1. The van der Waals surface area contributed by atoms with E-state index < -0.39 is 0 Å². The standard InChI is InChI=1S/C17H28N4O/c1-4-14(2)19-17(22)13-18-15-5-7-16(8-6-15)21-11-9-20(3)10-12-21/h5-8,14,18H,4,9-13H2,1-3H3,(H,19,22). The maximum absolute atomic E-state index is 11.7. The van der Waals surface area contributed by atoms with Crippen molar-refractivity contribution < 1.29 is 4.79 Å². The summed E-state index contributed by atoms with van der Waals surface area (Å²) in [5.41, 5.74) is 2.24. The number of nitrogens with one attached hydrogen (secondary N) is 2. The second kappa shape index (κ2) is 8.03. The molecule has 1 amide bonds. The summed E-state index contributed by atoms with van der Waals surface area (Å²) in [6, 6.07) is 8.57. The van der Waals surface area contributed by atoms with Gasteiger partial charge >= 0.3 is 0 Å². The third-order valence-electron chi connectivity index (χ3n) is 4.21. The van der Waals surface area contributed by atoms with Gasteiger partial charge in [0.05, 0.1) is 6.54 Å². The number of piperazine rings is 1. The molecule has 0 aliphatic carbocycles. The average Bonchev–Trinajstić information content (AvgIpc) is 2.54. The van der Waals surface area contributed by atoms with Gasteiger partial charge in [-0.05, 0) is 44.7 Å². The number of carbonyl (C=O) groups excluding carboxylic acids is 1. The zero-order valence-electron chi connectivity index (χ0n) is 13.9. The summed E-state index contributed by atoms with van der Waals surface area (Å²) in [5.74, 6) is 0.0393. The fourth-order valence-corrected chi connectivity index (χ4v) is 2.47. The lowest BCUT2D eigenvalue weighted by Crippen LogP contribution is -2.44. The molecule has 2 rings (SSSR count). The second-order valence-electron chi connectivity index (χ2n) is 6.07. The van der Waals surface area contributed by atoms with E-state index >= 15 is 0 Å². The molecule has 1 aromatic rings. The summed E-state index contributed by atoms with van der Waals surface area (Å²) in [4.78, 5) is 16.5. The van der Waals surface area contributed by atoms with Gasteiger partial charge in [-0.2, -0.15) is 0 Å². The van der Waals surface area contributed by atoms with Crippen molar-refractivity contribution in [2.75, 3.05) is 50.0 Å². The van der Waals surface area contributed by atoms with E-state index in [2.05, 4.69) is 46.5 Å². The Morgan fingerprint density at radius 1 is 1.18 bits per heavy atom. The Hall–Kier alpha value is -1.75. The number of amides is 1. The highest BCUT2D eigenvalue weighted by atomic mass is 16.1. The van der Waals surface area contributed by atoms with Crippen molar-refractivity contribution in [3.63, 3.8) is 0 Å². The zero-order valence-corrected chi connectivity index (χ0v) is 13.9. The molecule has 0 aromatic heterocycles. The lowest BCUT2D eigenvalue weighted by atomic mass is 10.2. The molecule has 5 heteroatoms. The molecule has 0 radical (unpaired) electrons. The predicted molar refractivity (Wildman–Crippen MR) is 92.5 cm³/mol. The molecule has 1 saturated heterocycles. The molecule has 0 saturated carbocycles. The summed E-state index contributed by atoms with van der Waals surface area (Å²) in [5, 5.41) is 6.12. The van der Waals surface area contributed by atoms with E-state index in [4.69, 9.17) is 0 Å². The molecule has 1 aliphatic heterocycles. The number of anilines is 2. The first-order valence-electron chi connectivity index (χ1n) is 8.15. The molecule has 5 nitrogen and oxygen atoms in total. The van der Waals surface area contributed by atoms with E-state index in [1.165, 1.54) is 5.69 Å². The van der Waals surface area contributed by atoms with Crippen molar-refractivity contribution in [1.29, 1.82) is 0 Å². The molecule has 1 unspecified atom stereocenters. The Balaban J connectivity index is 1.80. The lowest BCUT2D eigenvalue weighted by Gasteiger charge is -2.34. The first kappa shape index (κ1) is 16.6. The van der Waals surface area contributed by atoms with Gasteiger partial charge < -0.3 is 20.4 Å². The molecular formula is C17H28N4O. The van der Waals surface area contributed by atoms with Crippen LogP contribution in [0.2, 0.25) is 0 Å². The largest absolute Gasteiger partial charge is 0.376 e. The number of rotatable bonds is 6. The van der Waals surface area contributed by atoms with Crippen molar-refractivity contribution in [2.24, 2.45) is 0 Å². The molecule has 0 spiro atoms. The van der Waals surface area contributed by atoms with Crippen LogP contribution in [0.3, 0.4) is 0 Å². The Morgan fingerprint density at radius 2 is 1.82 bits per heavy atom. The summed E-state index contributed by atoms with van der Waals surface area (Å²) >= 11 is 0. The number of carbonyl (C=O) groups is 1. The highest BCUT2D eigenvalue weighted by Crippen LogP contribution is 2.19. The minimum Gasteiger partial charge on any atom is -0.376 e. The minimum atomic E-state index is 0.0393. The van der Waals surface area contributed by atoms with Gasteiger partial charge in [0.1, 0.15) is 0 Å². The van der Waals surface area contributed by atoms with Crippen molar-refractivity contribution >= 4 is 17.3 Å². The predicted octanol–water partition coefficient (Wildman–Crippen LogP) is 1.76. The summed E-state index contributed by atoms with van der Waals surface area (Å²) in [6.07, 6.45) is 0.950. The van der Waals surface area contributed by atoms with Gasteiger partial charge in [-0.15, -0.1) is 0 Å². The molecule has 1 heterocycles. The monoisotopic (exact) mass is 304 g/mol.